The lowest BCUT2D eigenvalue weighted by atomic mass is 10.1. The van der Waals surface area contributed by atoms with Gasteiger partial charge in [0.15, 0.2) is 5.78 Å². The average molecular weight is 307 g/mol. The van der Waals surface area contributed by atoms with Crippen LogP contribution in [0.15, 0.2) is 46.9 Å². The van der Waals surface area contributed by atoms with Gasteiger partial charge in [0.05, 0.1) is 4.47 Å². The number of ketones is 1. The molecule has 0 aliphatic carbocycles. The topological polar surface area (TPSA) is 46.5 Å². The van der Waals surface area contributed by atoms with Gasteiger partial charge in [-0.3, -0.25) is 4.79 Å². The molecule has 0 aliphatic heterocycles. The first kappa shape index (κ1) is 12.6. The Kier molecular flexibility index (Phi) is 3.67. The normalized spacial score (nSPS) is 10.1. The summed E-state index contributed by atoms with van der Waals surface area (Å²) in [7, 11) is 0. The molecule has 3 nitrogen and oxygen atoms in total. The number of rotatable bonds is 3. The fourth-order valence-electron chi connectivity index (χ4n) is 1.60. The molecule has 0 saturated carbocycles. The average Bonchev–Trinajstić information content (AvgIpc) is 2.31. The van der Waals surface area contributed by atoms with Crippen molar-refractivity contribution in [2.24, 2.45) is 0 Å². The Labute approximate surface area is 113 Å². The van der Waals surface area contributed by atoms with E-state index in [2.05, 4.69) is 15.9 Å². The second-order valence-corrected chi connectivity index (χ2v) is 4.59. The first-order chi connectivity index (χ1) is 8.59. The van der Waals surface area contributed by atoms with Crippen LogP contribution in [0.2, 0.25) is 0 Å². The van der Waals surface area contributed by atoms with Crippen molar-refractivity contribution in [1.29, 1.82) is 0 Å². The van der Waals surface area contributed by atoms with Crippen LogP contribution in [0.25, 0.3) is 0 Å². The largest absolute Gasteiger partial charge is 0.507 e. The summed E-state index contributed by atoms with van der Waals surface area (Å²) >= 11 is 3.36. The molecule has 0 aliphatic rings. The molecule has 0 unspecified atom stereocenters. The lowest BCUT2D eigenvalue weighted by Gasteiger charge is -2.11. The molecule has 0 radical (unpaired) electrons. The molecule has 92 valence electrons. The molecule has 0 heterocycles. The number of phenols is 1. The number of aromatic hydroxyl groups is 1. The third-order valence-electron chi connectivity index (χ3n) is 2.41. The van der Waals surface area contributed by atoms with Crippen molar-refractivity contribution in [2.75, 3.05) is 0 Å². The first-order valence-corrected chi connectivity index (χ1v) is 6.14. The molecule has 2 aromatic rings. The van der Waals surface area contributed by atoms with Gasteiger partial charge in [-0.2, -0.15) is 0 Å². The van der Waals surface area contributed by atoms with Gasteiger partial charge in [-0.15, -0.1) is 0 Å². The number of ether oxygens (including phenoxy) is 1. The van der Waals surface area contributed by atoms with Crippen molar-refractivity contribution in [3.63, 3.8) is 0 Å². The van der Waals surface area contributed by atoms with E-state index in [-0.39, 0.29) is 17.1 Å². The third-order valence-corrected chi connectivity index (χ3v) is 3.07. The number of hydrogen-bond donors (Lipinski definition) is 1. The van der Waals surface area contributed by atoms with Gasteiger partial charge in [-0.25, -0.2) is 0 Å². The summed E-state index contributed by atoms with van der Waals surface area (Å²) in [6.07, 6.45) is 0. The molecule has 0 fully saturated rings. The zero-order valence-electron chi connectivity index (χ0n) is 9.68. The summed E-state index contributed by atoms with van der Waals surface area (Å²) in [4.78, 5) is 11.5. The molecular formula is C14H11BrO3. The molecule has 1 N–H and O–H groups in total. The van der Waals surface area contributed by atoms with Gasteiger partial charge in [0.2, 0.25) is 0 Å². The van der Waals surface area contributed by atoms with E-state index in [9.17, 15) is 9.90 Å². The first-order valence-electron chi connectivity index (χ1n) is 5.35. The van der Waals surface area contributed by atoms with E-state index in [0.717, 1.165) is 4.47 Å². The van der Waals surface area contributed by atoms with Crippen molar-refractivity contribution in [3.8, 4) is 17.2 Å². The van der Waals surface area contributed by atoms with Gasteiger partial charge in [-0.05, 0) is 47.1 Å². The number of phenolic OH excluding ortho intramolecular Hbond substituents is 1. The highest BCUT2D eigenvalue weighted by Gasteiger charge is 2.14. The second kappa shape index (κ2) is 5.23. The van der Waals surface area contributed by atoms with Crippen LogP contribution in [0, 0.1) is 0 Å². The summed E-state index contributed by atoms with van der Waals surface area (Å²) in [6, 6.07) is 12.1. The monoisotopic (exact) mass is 306 g/mol. The number of benzene rings is 2. The van der Waals surface area contributed by atoms with Crippen molar-refractivity contribution < 1.29 is 14.6 Å². The predicted molar refractivity (Wildman–Crippen MR) is 72.3 cm³/mol. The molecule has 0 saturated heterocycles. The molecule has 2 aromatic carbocycles. The SMILES string of the molecule is CC(=O)c1c(O)cccc1Oc1ccccc1Br. The second-order valence-electron chi connectivity index (χ2n) is 3.74. The Balaban J connectivity index is 2.44. The fourth-order valence-corrected chi connectivity index (χ4v) is 1.97. The maximum atomic E-state index is 11.5. The third kappa shape index (κ3) is 2.54. The maximum absolute atomic E-state index is 11.5. The molecule has 0 bridgehead atoms. The summed E-state index contributed by atoms with van der Waals surface area (Å²) in [5.41, 5.74) is 0.188. The maximum Gasteiger partial charge on any atom is 0.167 e. The minimum atomic E-state index is -0.241. The van der Waals surface area contributed by atoms with Crippen molar-refractivity contribution >= 4 is 21.7 Å². The van der Waals surface area contributed by atoms with Crippen molar-refractivity contribution in [1.82, 2.24) is 0 Å². The van der Waals surface area contributed by atoms with Gasteiger partial charge in [0.1, 0.15) is 22.8 Å². The van der Waals surface area contributed by atoms with Crippen LogP contribution in [0.1, 0.15) is 17.3 Å². The van der Waals surface area contributed by atoms with Crippen LogP contribution in [0.3, 0.4) is 0 Å². The van der Waals surface area contributed by atoms with Crippen LogP contribution in [0.5, 0.6) is 17.2 Å². The quantitative estimate of drug-likeness (QED) is 0.867. The standard InChI is InChI=1S/C14H11BrO3/c1-9(16)14-11(17)6-4-8-13(14)18-12-7-3-2-5-10(12)15/h2-8,17H,1H3. The smallest absolute Gasteiger partial charge is 0.167 e. The number of carbonyl (C=O) groups is 1. The van der Waals surface area contributed by atoms with Crippen LogP contribution < -0.4 is 4.74 Å². The molecular weight excluding hydrogens is 296 g/mol. The fraction of sp³-hybridized carbons (Fsp3) is 0.0714. The number of halogens is 1. The van der Waals surface area contributed by atoms with Crippen LogP contribution >= 0.6 is 15.9 Å². The molecule has 18 heavy (non-hydrogen) atoms. The van der Waals surface area contributed by atoms with Gasteiger partial charge in [0.25, 0.3) is 0 Å². The predicted octanol–water partition coefficient (Wildman–Crippen LogP) is 4.15. The van der Waals surface area contributed by atoms with E-state index in [1.807, 2.05) is 18.2 Å². The van der Waals surface area contributed by atoms with E-state index in [1.54, 1.807) is 18.2 Å². The van der Waals surface area contributed by atoms with Gasteiger partial charge >= 0.3 is 0 Å². The number of hydrogen-bond acceptors (Lipinski definition) is 3. The van der Waals surface area contributed by atoms with E-state index in [4.69, 9.17) is 4.74 Å². The summed E-state index contributed by atoms with van der Waals surface area (Å²) in [5, 5.41) is 9.70. The Morgan fingerprint density at radius 1 is 1.11 bits per heavy atom. The minimum Gasteiger partial charge on any atom is -0.507 e. The zero-order chi connectivity index (χ0) is 13.1. The van der Waals surface area contributed by atoms with Crippen LogP contribution in [-0.2, 0) is 0 Å². The van der Waals surface area contributed by atoms with Crippen molar-refractivity contribution in [2.45, 2.75) is 6.92 Å². The Morgan fingerprint density at radius 3 is 2.44 bits per heavy atom. The van der Waals surface area contributed by atoms with Crippen LogP contribution in [-0.4, -0.2) is 10.9 Å². The number of Topliss-reactive ketones (excluding diaryl/α,β-unsaturated/α-hetero) is 1. The zero-order valence-corrected chi connectivity index (χ0v) is 11.3. The van der Waals surface area contributed by atoms with Crippen molar-refractivity contribution in [3.05, 3.63) is 52.5 Å². The summed E-state index contributed by atoms with van der Waals surface area (Å²) < 4.78 is 6.44. The summed E-state index contributed by atoms with van der Waals surface area (Å²) in [5.74, 6) is 0.613. The van der Waals surface area contributed by atoms with Gasteiger partial charge in [0, 0.05) is 0 Å². The Morgan fingerprint density at radius 2 is 1.78 bits per heavy atom. The molecule has 4 heteroatoms. The molecule has 0 amide bonds. The Hall–Kier alpha value is -1.81. The Bertz CT molecular complexity index is 593. The minimum absolute atomic E-state index is 0.0768. The molecule has 0 aromatic heterocycles. The summed E-state index contributed by atoms with van der Waals surface area (Å²) in [6.45, 7) is 1.39. The number of para-hydroxylation sites is 1. The lowest BCUT2D eigenvalue weighted by molar-refractivity contribution is 0.101. The van der Waals surface area contributed by atoms with E-state index in [1.165, 1.54) is 13.0 Å². The van der Waals surface area contributed by atoms with Crippen LogP contribution in [0.4, 0.5) is 0 Å². The molecule has 0 spiro atoms. The highest BCUT2D eigenvalue weighted by atomic mass is 79.9. The lowest BCUT2D eigenvalue weighted by Crippen LogP contribution is -1.97. The van der Waals surface area contributed by atoms with E-state index in [0.29, 0.717) is 11.5 Å². The molecule has 2 rings (SSSR count). The number of carbonyl (C=O) groups excluding carboxylic acids is 1. The molecule has 0 atom stereocenters. The highest BCUT2D eigenvalue weighted by Crippen LogP contribution is 2.34. The van der Waals surface area contributed by atoms with E-state index < -0.39 is 0 Å². The van der Waals surface area contributed by atoms with Gasteiger partial charge < -0.3 is 9.84 Å². The van der Waals surface area contributed by atoms with E-state index >= 15 is 0 Å². The van der Waals surface area contributed by atoms with Gasteiger partial charge in [-0.1, -0.05) is 18.2 Å². The highest BCUT2D eigenvalue weighted by molar-refractivity contribution is 9.10.